The van der Waals surface area contributed by atoms with Gasteiger partial charge in [-0.25, -0.2) is 0 Å². The average molecular weight is 218 g/mol. The van der Waals surface area contributed by atoms with Crippen LogP contribution in [0.15, 0.2) is 0 Å². The van der Waals surface area contributed by atoms with E-state index < -0.39 is 18.1 Å². The molecular formula is H11LiO9Si2. The van der Waals surface area contributed by atoms with Gasteiger partial charge in [0.1, 0.15) is 0 Å². The molecule has 9 nitrogen and oxygen atoms in total. The summed E-state index contributed by atoms with van der Waals surface area (Å²) >= 11 is 0. The minimum atomic E-state index is -4.61. The Morgan fingerprint density at radius 1 is 0.500 bits per heavy atom. The first-order chi connectivity index (χ1) is 4.00. The molecule has 0 unspecified atom stereocenters. The third kappa shape index (κ3) is 2220. The fourth-order valence-electron chi connectivity index (χ4n) is 0. The van der Waals surface area contributed by atoms with Gasteiger partial charge in [-0.05, 0) is 0 Å². The summed E-state index contributed by atoms with van der Waals surface area (Å²) in [7, 11) is -9.22. The topological polar surface area (TPSA) is 193 Å². The number of hydrogen-bond donors (Lipinski definition) is 8. The van der Waals surface area contributed by atoms with Gasteiger partial charge in [-0.2, -0.15) is 0 Å². The van der Waals surface area contributed by atoms with E-state index in [4.69, 9.17) is 38.4 Å². The van der Waals surface area contributed by atoms with E-state index in [0.29, 0.717) is 0 Å². The molecule has 0 saturated heterocycles. The van der Waals surface area contributed by atoms with E-state index in [1.54, 1.807) is 0 Å². The van der Waals surface area contributed by atoms with Crippen LogP contribution >= 0.6 is 0 Å². The Hall–Kier alpha value is 0.671. The van der Waals surface area contributed by atoms with Gasteiger partial charge in [0.25, 0.3) is 0 Å². The van der Waals surface area contributed by atoms with Crippen LogP contribution in [0.3, 0.4) is 0 Å². The predicted octanol–water partition coefficient (Wildman–Crippen LogP) is -6.69. The molecule has 0 aromatic rings. The van der Waals surface area contributed by atoms with Crippen molar-refractivity contribution < 1.29 is 43.8 Å². The molecule has 0 fully saturated rings. The molecule has 0 amide bonds. The van der Waals surface area contributed by atoms with Gasteiger partial charge < -0.3 is 43.8 Å². The van der Waals surface area contributed by atoms with Crippen LogP contribution < -0.4 is 0 Å². The van der Waals surface area contributed by atoms with Gasteiger partial charge in [0.15, 0.2) is 0 Å². The van der Waals surface area contributed by atoms with Gasteiger partial charge >= 0.3 is 37.0 Å². The average Bonchev–Trinajstić information content (AvgIpc) is 1.12. The Labute approximate surface area is 81.3 Å². The molecule has 0 heterocycles. The van der Waals surface area contributed by atoms with E-state index in [1.165, 1.54) is 0 Å². The fraction of sp³-hybridized carbons (Fsp3) is 0. The molecular weight excluding hydrogens is 207 g/mol. The monoisotopic (exact) mass is 218 g/mol. The second-order valence-electron chi connectivity index (χ2n) is 1.20. The van der Waals surface area contributed by atoms with Crippen molar-refractivity contribution in [3.05, 3.63) is 0 Å². The van der Waals surface area contributed by atoms with Gasteiger partial charge in [0, 0.05) is 0 Å². The first kappa shape index (κ1) is 23.0. The van der Waals surface area contributed by atoms with Crippen LogP contribution in [0.25, 0.3) is 0 Å². The first-order valence-corrected chi connectivity index (χ1v) is 5.37. The Bertz CT molecular complexity index is 55.5. The van der Waals surface area contributed by atoms with Crippen LogP contribution in [-0.4, -0.2) is 80.8 Å². The first-order valence-electron chi connectivity index (χ1n) is 1.79. The summed E-state index contributed by atoms with van der Waals surface area (Å²) in [6.45, 7) is 0. The summed E-state index contributed by atoms with van der Waals surface area (Å²) in [6, 6.07) is 0. The molecule has 0 aromatic heterocycles. The molecule has 0 aliphatic heterocycles. The van der Waals surface area contributed by atoms with Crippen molar-refractivity contribution in [2.75, 3.05) is 0 Å². The molecule has 0 aliphatic rings. The summed E-state index contributed by atoms with van der Waals surface area (Å²) < 4.78 is 0. The van der Waals surface area contributed by atoms with Crippen LogP contribution in [-0.2, 0) is 0 Å². The molecule has 0 radical (unpaired) electrons. The minimum absolute atomic E-state index is 0. The Balaban J connectivity index is -0.0000000457. The SMILES string of the molecule is O.O[Si](O)(O)O.O[Si](O)(O)O.[LiH]. The van der Waals surface area contributed by atoms with Crippen LogP contribution in [0.5, 0.6) is 0 Å². The zero-order chi connectivity index (χ0) is 9.00. The van der Waals surface area contributed by atoms with Crippen molar-refractivity contribution in [3.8, 4) is 0 Å². The van der Waals surface area contributed by atoms with E-state index in [0.717, 1.165) is 0 Å². The molecule has 0 bridgehead atoms. The van der Waals surface area contributed by atoms with Gasteiger partial charge in [0.05, 0.1) is 0 Å². The zero-order valence-electron chi connectivity index (χ0n) is 5.08. The van der Waals surface area contributed by atoms with Crippen LogP contribution in [0.1, 0.15) is 0 Å². The normalized spacial score (nSPS) is 10.0. The Morgan fingerprint density at radius 2 is 0.500 bits per heavy atom. The second kappa shape index (κ2) is 8.28. The molecule has 0 spiro atoms. The second-order valence-corrected chi connectivity index (χ2v) is 3.60. The number of hydrogen-bond acceptors (Lipinski definition) is 8. The summed E-state index contributed by atoms with van der Waals surface area (Å²) in [4.78, 5) is 58.6. The van der Waals surface area contributed by atoms with E-state index in [1.807, 2.05) is 0 Å². The van der Waals surface area contributed by atoms with E-state index in [-0.39, 0.29) is 24.3 Å². The summed E-state index contributed by atoms with van der Waals surface area (Å²) in [5.41, 5.74) is 0. The zero-order valence-corrected chi connectivity index (χ0v) is 7.08. The summed E-state index contributed by atoms with van der Waals surface area (Å²) in [5.74, 6) is 0. The Kier molecular flexibility index (Phi) is 15.8. The predicted molar refractivity (Wildman–Crippen MR) is 40.0 cm³/mol. The quantitative estimate of drug-likeness (QED) is 0.184. The molecule has 10 N–H and O–H groups in total. The molecule has 0 rings (SSSR count). The molecule has 74 valence electrons. The molecule has 12 heteroatoms. The molecule has 0 aromatic carbocycles. The third-order valence-electron chi connectivity index (χ3n) is 0. The molecule has 12 heavy (non-hydrogen) atoms. The van der Waals surface area contributed by atoms with Crippen molar-refractivity contribution in [1.82, 2.24) is 0 Å². The van der Waals surface area contributed by atoms with E-state index in [2.05, 4.69) is 0 Å². The summed E-state index contributed by atoms with van der Waals surface area (Å²) in [6.07, 6.45) is 0. The van der Waals surface area contributed by atoms with Gasteiger partial charge in [-0.1, -0.05) is 0 Å². The van der Waals surface area contributed by atoms with Crippen LogP contribution in [0.2, 0.25) is 0 Å². The molecule has 0 saturated carbocycles. The van der Waals surface area contributed by atoms with E-state index >= 15 is 0 Å². The van der Waals surface area contributed by atoms with Gasteiger partial charge in [0.2, 0.25) is 0 Å². The van der Waals surface area contributed by atoms with Crippen molar-refractivity contribution in [1.29, 1.82) is 0 Å². The maximum atomic E-state index is 7.33. The Morgan fingerprint density at radius 3 is 0.500 bits per heavy atom. The van der Waals surface area contributed by atoms with Crippen molar-refractivity contribution in [3.63, 3.8) is 0 Å². The van der Waals surface area contributed by atoms with Crippen molar-refractivity contribution in [2.24, 2.45) is 0 Å². The standard InChI is InChI=1S/Li.2H4O4Si.H2O.H/c;2*1-5(2,3)4;;/h;2*1-4H;1H2;. The van der Waals surface area contributed by atoms with Crippen molar-refractivity contribution in [2.45, 2.75) is 0 Å². The van der Waals surface area contributed by atoms with Crippen molar-refractivity contribution >= 4 is 37.0 Å². The van der Waals surface area contributed by atoms with Crippen LogP contribution in [0, 0.1) is 0 Å². The fourth-order valence-corrected chi connectivity index (χ4v) is 0. The van der Waals surface area contributed by atoms with Gasteiger partial charge in [-0.15, -0.1) is 0 Å². The van der Waals surface area contributed by atoms with E-state index in [9.17, 15) is 0 Å². The molecule has 0 atom stereocenters. The third-order valence-corrected chi connectivity index (χ3v) is 0. The maximum absolute atomic E-state index is 7.33. The van der Waals surface area contributed by atoms with Crippen LogP contribution in [0.4, 0.5) is 0 Å². The van der Waals surface area contributed by atoms with Gasteiger partial charge in [-0.3, -0.25) is 0 Å². The number of rotatable bonds is 0. The summed E-state index contributed by atoms with van der Waals surface area (Å²) in [5, 5.41) is 0. The molecule has 0 aliphatic carbocycles.